The molecule has 8 atom stereocenters. The monoisotopic (exact) mass is 632 g/mol. The van der Waals surface area contributed by atoms with Gasteiger partial charge in [-0.25, -0.2) is 4.79 Å². The fraction of sp³-hybridized carbons (Fsp3) is 0.838. The molecule has 0 spiro atoms. The number of hydrogen-bond acceptors (Lipinski definition) is 6. The topological polar surface area (TPSA) is 89.6 Å². The summed E-state index contributed by atoms with van der Waals surface area (Å²) in [4.78, 5) is 26.8. The van der Waals surface area contributed by atoms with E-state index in [1.807, 2.05) is 13.8 Å². The van der Waals surface area contributed by atoms with E-state index in [0.29, 0.717) is 49.9 Å². The van der Waals surface area contributed by atoms with Gasteiger partial charge in [-0.2, -0.15) is 0 Å². The maximum Gasteiger partial charge on any atom is 0.409 e. The molecule has 3 rings (SSSR count). The van der Waals surface area contributed by atoms with Crippen molar-refractivity contribution in [3.8, 4) is 0 Å². The van der Waals surface area contributed by atoms with Crippen LogP contribution in [0, 0.1) is 29.6 Å². The molecule has 3 fully saturated rings. The van der Waals surface area contributed by atoms with Crippen molar-refractivity contribution < 1.29 is 28.5 Å². The Bertz CT molecular complexity index is 983. The summed E-state index contributed by atoms with van der Waals surface area (Å²) in [6, 6.07) is 0. The van der Waals surface area contributed by atoms with Crippen LogP contribution in [0.3, 0.4) is 0 Å². The fourth-order valence-electron chi connectivity index (χ4n) is 7.66. The second-order valence-corrected chi connectivity index (χ2v) is 14.3. The van der Waals surface area contributed by atoms with Crippen molar-refractivity contribution in [2.75, 3.05) is 33.4 Å². The summed E-state index contributed by atoms with van der Waals surface area (Å²) in [5, 5.41) is 3.19. The zero-order valence-electron chi connectivity index (χ0n) is 29.8. The SMILES string of the molecule is CC[C@H](OC)[C@@H](C)[C@H]1O[C@]1(C)C[C@H](C)/C=C/C=C(\C)[C@H]1O[C@@H](CNC(=O)[C@H]2CC[C@H](COC(=O)N(CC)CC)CC2)CC[C@@H]1C. The molecule has 1 N–H and O–H groups in total. The number of carbonyl (C=O) groups is 2. The molecule has 0 aromatic heterocycles. The normalized spacial score (nSPS) is 32.5. The van der Waals surface area contributed by atoms with Crippen molar-refractivity contribution >= 4 is 12.0 Å². The second-order valence-electron chi connectivity index (χ2n) is 14.3. The lowest BCUT2D eigenvalue weighted by atomic mass is 9.82. The predicted octanol–water partition coefficient (Wildman–Crippen LogP) is 7.32. The molecular weight excluding hydrogens is 568 g/mol. The molecule has 0 aromatic rings. The van der Waals surface area contributed by atoms with Gasteiger partial charge in [0.25, 0.3) is 0 Å². The van der Waals surface area contributed by atoms with Crippen LogP contribution in [0.1, 0.15) is 107 Å². The van der Waals surface area contributed by atoms with E-state index in [4.69, 9.17) is 18.9 Å². The Morgan fingerprint density at radius 3 is 2.38 bits per heavy atom. The third-order valence-electron chi connectivity index (χ3n) is 10.7. The van der Waals surface area contributed by atoms with Gasteiger partial charge < -0.3 is 29.2 Å². The van der Waals surface area contributed by atoms with E-state index >= 15 is 0 Å². The first-order chi connectivity index (χ1) is 21.5. The fourth-order valence-corrected chi connectivity index (χ4v) is 7.66. The molecule has 3 aliphatic rings. The molecule has 45 heavy (non-hydrogen) atoms. The minimum Gasteiger partial charge on any atom is -0.449 e. The van der Waals surface area contributed by atoms with Crippen LogP contribution < -0.4 is 5.32 Å². The van der Waals surface area contributed by atoms with Crippen LogP contribution in [0.5, 0.6) is 0 Å². The quantitative estimate of drug-likeness (QED) is 0.142. The second kappa shape index (κ2) is 17.9. The number of carbonyl (C=O) groups excluding carboxylic acids is 2. The van der Waals surface area contributed by atoms with Crippen LogP contribution in [0.15, 0.2) is 23.8 Å². The number of epoxide rings is 1. The van der Waals surface area contributed by atoms with Crippen molar-refractivity contribution in [2.45, 2.75) is 137 Å². The summed E-state index contributed by atoms with van der Waals surface area (Å²) in [5.74, 6) is 1.74. The number of ether oxygens (including phenoxy) is 4. The average Bonchev–Trinajstić information content (AvgIpc) is 3.70. The molecule has 2 heterocycles. The highest BCUT2D eigenvalue weighted by Gasteiger charge is 2.56. The van der Waals surface area contributed by atoms with Gasteiger partial charge in [-0.1, -0.05) is 45.9 Å². The van der Waals surface area contributed by atoms with Crippen LogP contribution >= 0.6 is 0 Å². The molecule has 2 amide bonds. The number of nitrogens with zero attached hydrogens (tertiary/aromatic N) is 1. The highest BCUT2D eigenvalue weighted by Crippen LogP contribution is 2.47. The number of rotatable bonds is 16. The van der Waals surface area contributed by atoms with Gasteiger partial charge in [0, 0.05) is 38.6 Å². The van der Waals surface area contributed by atoms with Gasteiger partial charge in [0.1, 0.15) is 0 Å². The van der Waals surface area contributed by atoms with Crippen molar-refractivity contribution in [3.05, 3.63) is 23.8 Å². The Hall–Kier alpha value is -1.90. The van der Waals surface area contributed by atoms with E-state index < -0.39 is 0 Å². The van der Waals surface area contributed by atoms with E-state index in [9.17, 15) is 9.59 Å². The minimum atomic E-state index is -0.236. The van der Waals surface area contributed by atoms with Gasteiger partial charge in [0.2, 0.25) is 5.91 Å². The molecule has 0 unspecified atom stereocenters. The predicted molar refractivity (Wildman–Crippen MR) is 180 cm³/mol. The molecule has 0 radical (unpaired) electrons. The number of hydrogen-bond donors (Lipinski definition) is 1. The number of allylic oxidation sites excluding steroid dienone is 3. The Labute approximate surface area is 274 Å². The first kappa shape index (κ1) is 37.6. The maximum absolute atomic E-state index is 13.0. The van der Waals surface area contributed by atoms with Crippen LogP contribution in [0.2, 0.25) is 0 Å². The standard InChI is InChI=1S/C37H64N2O6/c1-10-32(42-9)28(7)34-37(8,45-34)22-25(4)14-13-15-26(5)33-27(6)16-21-31(44-33)23-38-35(40)30-19-17-29(18-20-30)24-43-36(41)39(11-2)12-3/h13-15,25,27-34H,10-12,16-24H2,1-9H3,(H,38,40)/b14-13+,26-15+/t25-,27+,28-,29-,30-,31-,32+,33-,34-,37-/m1/s1. The lowest BCUT2D eigenvalue weighted by molar-refractivity contribution is -0.128. The first-order valence-corrected chi connectivity index (χ1v) is 17.9. The van der Waals surface area contributed by atoms with Crippen LogP contribution in [-0.4, -0.2) is 80.3 Å². The Morgan fingerprint density at radius 2 is 1.76 bits per heavy atom. The van der Waals surface area contributed by atoms with Crippen molar-refractivity contribution in [1.82, 2.24) is 10.2 Å². The molecule has 8 nitrogen and oxygen atoms in total. The molecule has 2 aliphatic heterocycles. The molecule has 2 saturated heterocycles. The first-order valence-electron chi connectivity index (χ1n) is 17.9. The van der Waals surface area contributed by atoms with Crippen LogP contribution in [0.25, 0.3) is 0 Å². The van der Waals surface area contributed by atoms with Crippen LogP contribution in [-0.2, 0) is 23.7 Å². The molecule has 0 aromatic carbocycles. The van der Waals surface area contributed by atoms with Crippen molar-refractivity contribution in [1.29, 1.82) is 0 Å². The summed E-state index contributed by atoms with van der Waals surface area (Å²) < 4.78 is 23.9. The summed E-state index contributed by atoms with van der Waals surface area (Å²) in [6.45, 7) is 19.6. The third kappa shape index (κ3) is 10.8. The van der Waals surface area contributed by atoms with E-state index in [2.05, 4.69) is 65.1 Å². The van der Waals surface area contributed by atoms with Gasteiger partial charge in [-0.3, -0.25) is 4.79 Å². The van der Waals surface area contributed by atoms with E-state index in [-0.39, 0.29) is 47.9 Å². The van der Waals surface area contributed by atoms with Crippen LogP contribution in [0.4, 0.5) is 4.79 Å². The lowest BCUT2D eigenvalue weighted by Gasteiger charge is -2.36. The zero-order valence-corrected chi connectivity index (χ0v) is 29.8. The molecule has 8 heteroatoms. The Balaban J connectivity index is 1.39. The molecule has 1 saturated carbocycles. The van der Waals surface area contributed by atoms with E-state index in [1.165, 1.54) is 5.57 Å². The summed E-state index contributed by atoms with van der Waals surface area (Å²) >= 11 is 0. The van der Waals surface area contributed by atoms with E-state index in [1.54, 1.807) is 12.0 Å². The van der Waals surface area contributed by atoms with Gasteiger partial charge in [0.05, 0.1) is 36.6 Å². The summed E-state index contributed by atoms with van der Waals surface area (Å²) in [7, 11) is 1.80. The van der Waals surface area contributed by atoms with Gasteiger partial charge >= 0.3 is 6.09 Å². The molecule has 1 aliphatic carbocycles. The highest BCUT2D eigenvalue weighted by atomic mass is 16.6. The number of amides is 2. The van der Waals surface area contributed by atoms with Crippen molar-refractivity contribution in [3.63, 3.8) is 0 Å². The third-order valence-corrected chi connectivity index (χ3v) is 10.7. The van der Waals surface area contributed by atoms with Gasteiger partial charge in [-0.15, -0.1) is 0 Å². The Morgan fingerprint density at radius 1 is 1.07 bits per heavy atom. The maximum atomic E-state index is 13.0. The van der Waals surface area contributed by atoms with Gasteiger partial charge in [0.15, 0.2) is 0 Å². The van der Waals surface area contributed by atoms with Crippen molar-refractivity contribution in [2.24, 2.45) is 29.6 Å². The average molecular weight is 633 g/mol. The van der Waals surface area contributed by atoms with E-state index in [0.717, 1.165) is 51.4 Å². The number of nitrogens with one attached hydrogen (secondary N) is 1. The largest absolute Gasteiger partial charge is 0.449 e. The summed E-state index contributed by atoms with van der Waals surface area (Å²) in [6.07, 6.45) is 14.6. The zero-order chi connectivity index (χ0) is 33.1. The molecule has 0 bridgehead atoms. The highest BCUT2D eigenvalue weighted by molar-refractivity contribution is 5.78. The van der Waals surface area contributed by atoms with Gasteiger partial charge in [-0.05, 0) is 102 Å². The molecule has 258 valence electrons. The number of methoxy groups -OCH3 is 1. The Kier molecular flexibility index (Phi) is 14.9. The summed E-state index contributed by atoms with van der Waals surface area (Å²) in [5.41, 5.74) is 1.15. The molecular formula is C37H64N2O6. The smallest absolute Gasteiger partial charge is 0.409 e. The lowest BCUT2D eigenvalue weighted by Crippen LogP contribution is -2.43. The minimum absolute atomic E-state index is 0.0293.